The van der Waals surface area contributed by atoms with Gasteiger partial charge in [-0.15, -0.1) is 0 Å². The van der Waals surface area contributed by atoms with Crippen LogP contribution in [-0.2, 0) is 9.53 Å². The molecule has 3 heteroatoms. The molecule has 0 aromatic heterocycles. The number of fused-ring (bicyclic) bond motifs is 1. The van der Waals surface area contributed by atoms with E-state index in [0.717, 1.165) is 16.3 Å². The van der Waals surface area contributed by atoms with Gasteiger partial charge in [-0.2, -0.15) is 0 Å². The highest BCUT2D eigenvalue weighted by Gasteiger charge is 2.31. The van der Waals surface area contributed by atoms with E-state index in [4.69, 9.17) is 16.3 Å². The second-order valence-electron chi connectivity index (χ2n) is 4.38. The first kappa shape index (κ1) is 11.3. The predicted molar refractivity (Wildman–Crippen MR) is 71.5 cm³/mol. The van der Waals surface area contributed by atoms with Gasteiger partial charge in [-0.05, 0) is 16.8 Å². The highest BCUT2D eigenvalue weighted by atomic mass is 35.5. The highest BCUT2D eigenvalue weighted by Crippen LogP contribution is 2.39. The molecule has 1 aliphatic heterocycles. The summed E-state index contributed by atoms with van der Waals surface area (Å²) in [7, 11) is 0. The predicted octanol–water partition coefficient (Wildman–Crippen LogP) is 4.04. The number of ether oxygens (including phenoxy) is 1. The van der Waals surface area contributed by atoms with E-state index in [9.17, 15) is 4.79 Å². The molecule has 0 N–H and O–H groups in total. The molecule has 1 saturated heterocycles. The van der Waals surface area contributed by atoms with Gasteiger partial charge >= 0.3 is 5.97 Å². The summed E-state index contributed by atoms with van der Waals surface area (Å²) in [4.78, 5) is 11.4. The number of hydrogen-bond acceptors (Lipinski definition) is 2. The van der Waals surface area contributed by atoms with Crippen molar-refractivity contribution in [2.75, 3.05) is 0 Å². The summed E-state index contributed by atoms with van der Waals surface area (Å²) in [5.41, 5.74) is 1.38. The second-order valence-corrected chi connectivity index (χ2v) is 4.79. The SMILES string of the molecule is C=C1CC(c2c(Cl)ccc3ccccc23)OC1=O. The molecule has 0 bridgehead atoms. The minimum atomic E-state index is -0.330. The average molecular weight is 259 g/mol. The highest BCUT2D eigenvalue weighted by molar-refractivity contribution is 6.32. The van der Waals surface area contributed by atoms with Crippen LogP contribution >= 0.6 is 11.6 Å². The Morgan fingerprint density at radius 2 is 2.00 bits per heavy atom. The summed E-state index contributed by atoms with van der Waals surface area (Å²) in [6.07, 6.45) is 0.190. The number of benzene rings is 2. The number of esters is 1. The Morgan fingerprint density at radius 3 is 2.72 bits per heavy atom. The van der Waals surface area contributed by atoms with E-state index < -0.39 is 0 Å². The standard InChI is InChI=1S/C15H11ClO2/c1-9-8-13(18-15(9)17)14-11-5-3-2-4-10(11)6-7-12(14)16/h2-7,13H,1,8H2. The minimum absolute atomic E-state index is 0.316. The zero-order valence-corrected chi connectivity index (χ0v) is 10.4. The van der Waals surface area contributed by atoms with Crippen LogP contribution in [0.5, 0.6) is 0 Å². The Labute approximate surface area is 110 Å². The third-order valence-electron chi connectivity index (χ3n) is 3.21. The van der Waals surface area contributed by atoms with Gasteiger partial charge < -0.3 is 4.74 Å². The molecular weight excluding hydrogens is 248 g/mol. The molecule has 1 unspecified atom stereocenters. The van der Waals surface area contributed by atoms with Crippen LogP contribution in [0.25, 0.3) is 10.8 Å². The van der Waals surface area contributed by atoms with Crippen molar-refractivity contribution in [3.8, 4) is 0 Å². The third kappa shape index (κ3) is 1.70. The number of cyclic esters (lactones) is 1. The summed E-state index contributed by atoms with van der Waals surface area (Å²) >= 11 is 6.26. The van der Waals surface area contributed by atoms with Crippen molar-refractivity contribution >= 4 is 28.3 Å². The van der Waals surface area contributed by atoms with Gasteiger partial charge in [-0.25, -0.2) is 4.79 Å². The molecule has 0 saturated carbocycles. The quantitative estimate of drug-likeness (QED) is 0.570. The summed E-state index contributed by atoms with van der Waals surface area (Å²) in [6.45, 7) is 3.70. The fraction of sp³-hybridized carbons (Fsp3) is 0.133. The molecule has 1 atom stereocenters. The normalized spacial score (nSPS) is 19.3. The Hall–Kier alpha value is -1.80. The maximum absolute atomic E-state index is 11.4. The maximum Gasteiger partial charge on any atom is 0.334 e. The Bertz CT molecular complexity index is 645. The van der Waals surface area contributed by atoms with E-state index >= 15 is 0 Å². The van der Waals surface area contributed by atoms with Gasteiger partial charge in [-0.1, -0.05) is 48.5 Å². The lowest BCUT2D eigenvalue weighted by atomic mass is 9.98. The van der Waals surface area contributed by atoms with Crippen LogP contribution in [0.15, 0.2) is 48.6 Å². The molecule has 0 spiro atoms. The van der Waals surface area contributed by atoms with E-state index in [2.05, 4.69) is 6.58 Å². The van der Waals surface area contributed by atoms with Crippen molar-refractivity contribution in [1.82, 2.24) is 0 Å². The van der Waals surface area contributed by atoms with E-state index in [0.29, 0.717) is 17.0 Å². The molecule has 1 aliphatic rings. The maximum atomic E-state index is 11.4. The second kappa shape index (κ2) is 4.14. The lowest BCUT2D eigenvalue weighted by molar-refractivity contribution is -0.139. The average Bonchev–Trinajstić information content (AvgIpc) is 2.69. The van der Waals surface area contributed by atoms with E-state index in [1.807, 2.05) is 36.4 Å². The molecule has 90 valence electrons. The van der Waals surface area contributed by atoms with Crippen molar-refractivity contribution < 1.29 is 9.53 Å². The van der Waals surface area contributed by atoms with Crippen molar-refractivity contribution in [1.29, 1.82) is 0 Å². The van der Waals surface area contributed by atoms with Crippen LogP contribution in [0.3, 0.4) is 0 Å². The van der Waals surface area contributed by atoms with Gasteiger partial charge in [-0.3, -0.25) is 0 Å². The van der Waals surface area contributed by atoms with Gasteiger partial charge in [0.15, 0.2) is 0 Å². The number of halogens is 1. The number of rotatable bonds is 1. The first-order chi connectivity index (χ1) is 8.66. The number of hydrogen-bond donors (Lipinski definition) is 0. The van der Waals surface area contributed by atoms with Gasteiger partial charge in [0.2, 0.25) is 0 Å². The van der Waals surface area contributed by atoms with Gasteiger partial charge in [0.1, 0.15) is 6.10 Å². The Balaban J connectivity index is 2.19. The largest absolute Gasteiger partial charge is 0.454 e. The summed E-state index contributed by atoms with van der Waals surface area (Å²) in [5.74, 6) is -0.330. The van der Waals surface area contributed by atoms with Gasteiger partial charge in [0, 0.05) is 22.6 Å². The van der Waals surface area contributed by atoms with Crippen LogP contribution in [0, 0.1) is 0 Å². The van der Waals surface area contributed by atoms with Crippen LogP contribution in [0.4, 0.5) is 0 Å². The monoisotopic (exact) mass is 258 g/mol. The smallest absolute Gasteiger partial charge is 0.334 e. The lowest BCUT2D eigenvalue weighted by Crippen LogP contribution is -2.00. The van der Waals surface area contributed by atoms with Crippen LogP contribution < -0.4 is 0 Å². The zero-order chi connectivity index (χ0) is 12.7. The fourth-order valence-corrected chi connectivity index (χ4v) is 2.61. The lowest BCUT2D eigenvalue weighted by Gasteiger charge is -2.14. The first-order valence-corrected chi connectivity index (χ1v) is 6.10. The molecule has 2 aromatic carbocycles. The summed E-state index contributed by atoms with van der Waals surface area (Å²) < 4.78 is 5.33. The fourth-order valence-electron chi connectivity index (χ4n) is 2.32. The van der Waals surface area contributed by atoms with Crippen molar-refractivity contribution in [2.24, 2.45) is 0 Å². The molecule has 18 heavy (non-hydrogen) atoms. The Kier molecular flexibility index (Phi) is 2.60. The van der Waals surface area contributed by atoms with Crippen LogP contribution in [0.1, 0.15) is 18.1 Å². The summed E-state index contributed by atoms with van der Waals surface area (Å²) in [6, 6.07) is 11.7. The minimum Gasteiger partial charge on any atom is -0.454 e. The van der Waals surface area contributed by atoms with Gasteiger partial charge in [0.05, 0.1) is 0 Å². The zero-order valence-electron chi connectivity index (χ0n) is 9.65. The first-order valence-electron chi connectivity index (χ1n) is 5.72. The molecule has 2 aromatic rings. The number of carbonyl (C=O) groups excluding carboxylic acids is 1. The molecule has 1 fully saturated rings. The van der Waals surface area contributed by atoms with E-state index in [1.165, 1.54) is 0 Å². The number of carbonyl (C=O) groups is 1. The van der Waals surface area contributed by atoms with Crippen LogP contribution in [0.2, 0.25) is 5.02 Å². The molecular formula is C15H11ClO2. The molecule has 0 aliphatic carbocycles. The Morgan fingerprint density at radius 1 is 1.22 bits per heavy atom. The van der Waals surface area contributed by atoms with E-state index in [1.54, 1.807) is 0 Å². The molecule has 2 nitrogen and oxygen atoms in total. The molecule has 1 heterocycles. The van der Waals surface area contributed by atoms with E-state index in [-0.39, 0.29) is 12.1 Å². The molecule has 0 amide bonds. The summed E-state index contributed by atoms with van der Waals surface area (Å²) in [5, 5.41) is 2.74. The van der Waals surface area contributed by atoms with Crippen LogP contribution in [-0.4, -0.2) is 5.97 Å². The third-order valence-corrected chi connectivity index (χ3v) is 3.54. The van der Waals surface area contributed by atoms with Gasteiger partial charge in [0.25, 0.3) is 0 Å². The van der Waals surface area contributed by atoms with Crippen molar-refractivity contribution in [3.05, 3.63) is 59.1 Å². The van der Waals surface area contributed by atoms with Crippen molar-refractivity contribution in [3.63, 3.8) is 0 Å². The topological polar surface area (TPSA) is 26.3 Å². The van der Waals surface area contributed by atoms with Crippen molar-refractivity contribution in [2.45, 2.75) is 12.5 Å². The molecule has 3 rings (SSSR count). The molecule has 0 radical (unpaired) electrons.